The van der Waals surface area contributed by atoms with Gasteiger partial charge >= 0.3 is 0 Å². The molecule has 0 spiro atoms. The predicted molar refractivity (Wildman–Crippen MR) is 47.2 cm³/mol. The molecule has 0 saturated carbocycles. The molecule has 1 amide bonds. The Bertz CT molecular complexity index is 338. The first-order chi connectivity index (χ1) is 5.79. The third-order valence-corrected chi connectivity index (χ3v) is 2.40. The van der Waals surface area contributed by atoms with Gasteiger partial charge in [0.15, 0.2) is 0 Å². The zero-order chi connectivity index (χ0) is 8.97. The van der Waals surface area contributed by atoms with Crippen molar-refractivity contribution >= 4 is 17.2 Å². The zero-order valence-corrected chi connectivity index (χ0v) is 7.34. The molecule has 1 heterocycles. The predicted octanol–water partition coefficient (Wildman–Crippen LogP) is 2.76. The van der Waals surface area contributed by atoms with E-state index < -0.39 is 5.91 Å². The van der Waals surface area contributed by atoms with Crippen molar-refractivity contribution in [2.45, 2.75) is 13.3 Å². The summed E-state index contributed by atoms with van der Waals surface area (Å²) in [5.41, 5.74) is 8.98. The van der Waals surface area contributed by atoms with Crippen LogP contribution < -0.4 is 0 Å². The molecule has 4 nitrogen and oxygen atoms in total. The second-order valence-electron chi connectivity index (χ2n) is 2.12. The van der Waals surface area contributed by atoms with Gasteiger partial charge in [0.1, 0.15) is 0 Å². The number of aryl methyl sites for hydroxylation is 1. The summed E-state index contributed by atoms with van der Waals surface area (Å²) in [5.74, 6) is -0.482. The first kappa shape index (κ1) is 8.77. The number of carbonyl (C=O) groups is 1. The van der Waals surface area contributed by atoms with Gasteiger partial charge in [-0.3, -0.25) is 4.79 Å². The van der Waals surface area contributed by atoms with Crippen molar-refractivity contribution < 1.29 is 4.79 Å². The van der Waals surface area contributed by atoms with Crippen LogP contribution in [0, 0.1) is 0 Å². The van der Waals surface area contributed by atoms with Gasteiger partial charge < -0.3 is 0 Å². The largest absolute Gasteiger partial charge is 0.286 e. The summed E-state index contributed by atoms with van der Waals surface area (Å²) in [7, 11) is 0. The molecular weight excluding hydrogens is 174 g/mol. The molecule has 0 aromatic carbocycles. The summed E-state index contributed by atoms with van der Waals surface area (Å²) in [5, 5.41) is 4.85. The molecule has 0 radical (unpaired) electrons. The fourth-order valence-corrected chi connectivity index (χ4v) is 1.76. The molecule has 5 heteroatoms. The van der Waals surface area contributed by atoms with Crippen molar-refractivity contribution in [2.75, 3.05) is 0 Å². The zero-order valence-electron chi connectivity index (χ0n) is 6.52. The third kappa shape index (κ3) is 1.64. The Balaban J connectivity index is 3.01. The number of carbonyl (C=O) groups excluding carboxylic acids is 1. The highest BCUT2D eigenvalue weighted by Gasteiger charge is 2.08. The molecule has 0 aliphatic rings. The fourth-order valence-electron chi connectivity index (χ4n) is 0.888. The van der Waals surface area contributed by atoms with Crippen LogP contribution in [-0.4, -0.2) is 5.91 Å². The first-order valence-corrected chi connectivity index (χ1v) is 4.33. The van der Waals surface area contributed by atoms with Crippen molar-refractivity contribution in [1.82, 2.24) is 0 Å². The standard InChI is InChI=1S/C7H7N3OS/c1-2-5-3-4-12-6(5)7(11)9-10-8/h3-4H,2H2,1H3. The SMILES string of the molecule is CCc1ccsc1C(=O)N=[N+]=[N-]. The second-order valence-corrected chi connectivity index (χ2v) is 3.04. The third-order valence-electron chi connectivity index (χ3n) is 1.46. The molecule has 1 rings (SSSR count). The Kier molecular flexibility index (Phi) is 2.85. The van der Waals surface area contributed by atoms with Crippen LogP contribution in [0.4, 0.5) is 0 Å². The van der Waals surface area contributed by atoms with Crippen LogP contribution in [0.1, 0.15) is 22.2 Å². The number of azide groups is 1. The molecule has 1 aromatic rings. The van der Waals surface area contributed by atoms with E-state index in [2.05, 4.69) is 10.0 Å². The van der Waals surface area contributed by atoms with Crippen LogP contribution in [0.2, 0.25) is 0 Å². The molecule has 0 N–H and O–H groups in total. The Morgan fingerprint density at radius 1 is 1.83 bits per heavy atom. The summed E-state index contributed by atoms with van der Waals surface area (Å²) in [6.45, 7) is 1.95. The van der Waals surface area contributed by atoms with Crippen molar-refractivity contribution in [1.29, 1.82) is 0 Å². The van der Waals surface area contributed by atoms with Crippen LogP contribution in [-0.2, 0) is 6.42 Å². The van der Waals surface area contributed by atoms with Crippen LogP contribution in [0.5, 0.6) is 0 Å². The van der Waals surface area contributed by atoms with Crippen molar-refractivity contribution in [3.63, 3.8) is 0 Å². The average molecular weight is 181 g/mol. The summed E-state index contributed by atoms with van der Waals surface area (Å²) in [4.78, 5) is 14.1. The monoisotopic (exact) mass is 181 g/mol. The maximum Gasteiger partial charge on any atom is 0.259 e. The maximum atomic E-state index is 11.1. The molecule has 0 fully saturated rings. The number of amides is 1. The quantitative estimate of drug-likeness (QED) is 0.393. The Morgan fingerprint density at radius 3 is 3.17 bits per heavy atom. The number of rotatable bonds is 2. The smallest absolute Gasteiger partial charge is 0.259 e. The maximum absolute atomic E-state index is 11.1. The highest BCUT2D eigenvalue weighted by Crippen LogP contribution is 2.18. The van der Waals surface area contributed by atoms with E-state index in [-0.39, 0.29) is 0 Å². The lowest BCUT2D eigenvalue weighted by Crippen LogP contribution is -1.93. The van der Waals surface area contributed by atoms with Gasteiger partial charge in [-0.05, 0) is 34.1 Å². The molecule has 0 atom stereocenters. The summed E-state index contributed by atoms with van der Waals surface area (Å²) >= 11 is 1.31. The molecule has 0 unspecified atom stereocenters. The van der Waals surface area contributed by atoms with Crippen LogP contribution in [0.25, 0.3) is 10.4 Å². The van der Waals surface area contributed by atoms with E-state index in [1.165, 1.54) is 11.3 Å². The topological polar surface area (TPSA) is 65.8 Å². The highest BCUT2D eigenvalue weighted by molar-refractivity contribution is 7.12. The van der Waals surface area contributed by atoms with Gasteiger partial charge in [-0.15, -0.1) is 11.3 Å². The van der Waals surface area contributed by atoms with E-state index in [1.54, 1.807) is 0 Å². The lowest BCUT2D eigenvalue weighted by atomic mass is 10.2. The molecule has 0 aliphatic carbocycles. The van der Waals surface area contributed by atoms with E-state index in [1.807, 2.05) is 18.4 Å². The first-order valence-electron chi connectivity index (χ1n) is 3.45. The molecular formula is C7H7N3OS. The summed E-state index contributed by atoms with van der Waals surface area (Å²) < 4.78 is 0. The average Bonchev–Trinajstić information content (AvgIpc) is 2.51. The van der Waals surface area contributed by atoms with Gasteiger partial charge in [0, 0.05) is 4.91 Å². The summed E-state index contributed by atoms with van der Waals surface area (Å²) in [6.07, 6.45) is 0.783. The molecule has 0 saturated heterocycles. The normalized spacial score (nSPS) is 9.08. The Labute approximate surface area is 73.5 Å². The lowest BCUT2D eigenvalue weighted by Gasteiger charge is -1.92. The number of thiophene rings is 1. The molecule has 1 aromatic heterocycles. The van der Waals surface area contributed by atoms with Gasteiger partial charge in [0.25, 0.3) is 5.91 Å². The van der Waals surface area contributed by atoms with Crippen LogP contribution >= 0.6 is 11.3 Å². The van der Waals surface area contributed by atoms with Crippen LogP contribution in [0.15, 0.2) is 16.6 Å². The van der Waals surface area contributed by atoms with E-state index >= 15 is 0 Å². The van der Waals surface area contributed by atoms with E-state index in [0.717, 1.165) is 12.0 Å². The van der Waals surface area contributed by atoms with Crippen molar-refractivity contribution in [3.05, 3.63) is 32.3 Å². The minimum atomic E-state index is -0.482. The van der Waals surface area contributed by atoms with Crippen molar-refractivity contribution in [3.8, 4) is 0 Å². The highest BCUT2D eigenvalue weighted by atomic mass is 32.1. The van der Waals surface area contributed by atoms with Crippen LogP contribution in [0.3, 0.4) is 0 Å². The molecule has 0 aliphatic heterocycles. The van der Waals surface area contributed by atoms with Gasteiger partial charge in [-0.2, -0.15) is 0 Å². The second kappa shape index (κ2) is 3.90. The number of nitrogens with zero attached hydrogens (tertiary/aromatic N) is 3. The van der Waals surface area contributed by atoms with E-state index in [9.17, 15) is 4.79 Å². The number of hydrogen-bond donors (Lipinski definition) is 0. The Morgan fingerprint density at radius 2 is 2.58 bits per heavy atom. The minimum Gasteiger partial charge on any atom is -0.286 e. The van der Waals surface area contributed by atoms with E-state index in [0.29, 0.717) is 4.88 Å². The summed E-state index contributed by atoms with van der Waals surface area (Å²) in [6, 6.07) is 1.87. The minimum absolute atomic E-state index is 0.482. The Hall–Kier alpha value is -1.32. The lowest BCUT2D eigenvalue weighted by molar-refractivity contribution is 0.100. The molecule has 12 heavy (non-hydrogen) atoms. The molecule has 0 bridgehead atoms. The van der Waals surface area contributed by atoms with Crippen molar-refractivity contribution in [2.24, 2.45) is 5.11 Å². The van der Waals surface area contributed by atoms with Gasteiger partial charge in [-0.1, -0.05) is 6.92 Å². The van der Waals surface area contributed by atoms with Gasteiger partial charge in [0.05, 0.1) is 4.88 Å². The number of hydrogen-bond acceptors (Lipinski definition) is 2. The van der Waals surface area contributed by atoms with Gasteiger partial charge in [0.2, 0.25) is 0 Å². The van der Waals surface area contributed by atoms with Gasteiger partial charge in [-0.25, -0.2) is 0 Å². The fraction of sp³-hybridized carbons (Fsp3) is 0.286. The van der Waals surface area contributed by atoms with E-state index in [4.69, 9.17) is 5.53 Å². The molecule has 62 valence electrons.